The molecule has 0 saturated carbocycles. The first-order chi connectivity index (χ1) is 7.08. The number of rotatable bonds is 9. The summed E-state index contributed by atoms with van der Waals surface area (Å²) in [5.74, 6) is 0. The molecule has 0 aliphatic carbocycles. The Morgan fingerprint density at radius 1 is 1.40 bits per heavy atom. The van der Waals surface area contributed by atoms with Crippen molar-refractivity contribution in [3.8, 4) is 0 Å². The molecule has 3 heteroatoms. The van der Waals surface area contributed by atoms with Crippen LogP contribution in [0.1, 0.15) is 26.7 Å². The molecule has 0 aliphatic heterocycles. The molecule has 0 aromatic heterocycles. The van der Waals surface area contributed by atoms with E-state index in [0.29, 0.717) is 5.41 Å². The molecule has 0 aromatic carbocycles. The van der Waals surface area contributed by atoms with E-state index in [9.17, 15) is 0 Å². The Morgan fingerprint density at radius 2 is 2.07 bits per heavy atom. The van der Waals surface area contributed by atoms with Crippen LogP contribution in [-0.2, 0) is 4.74 Å². The molecule has 0 radical (unpaired) electrons. The van der Waals surface area contributed by atoms with Gasteiger partial charge in [-0.05, 0) is 25.9 Å². The van der Waals surface area contributed by atoms with Gasteiger partial charge in [-0.15, -0.1) is 0 Å². The first-order valence-corrected chi connectivity index (χ1v) is 5.90. The van der Waals surface area contributed by atoms with Crippen molar-refractivity contribution in [2.75, 3.05) is 47.4 Å². The van der Waals surface area contributed by atoms with E-state index in [0.717, 1.165) is 26.2 Å². The van der Waals surface area contributed by atoms with Gasteiger partial charge in [-0.3, -0.25) is 0 Å². The molecule has 0 saturated heterocycles. The first kappa shape index (κ1) is 14.9. The Balaban J connectivity index is 4.02. The molecule has 0 rings (SSSR count). The van der Waals surface area contributed by atoms with Crippen molar-refractivity contribution in [2.24, 2.45) is 5.41 Å². The normalized spacial score (nSPS) is 15.6. The molecule has 1 atom stereocenters. The molecular weight excluding hydrogens is 188 g/mol. The van der Waals surface area contributed by atoms with Crippen molar-refractivity contribution >= 4 is 0 Å². The fourth-order valence-electron chi connectivity index (χ4n) is 2.23. The minimum Gasteiger partial charge on any atom is -0.383 e. The third-order valence-corrected chi connectivity index (χ3v) is 2.79. The third kappa shape index (κ3) is 6.88. The number of methoxy groups -OCH3 is 1. The van der Waals surface area contributed by atoms with Gasteiger partial charge >= 0.3 is 0 Å². The highest BCUT2D eigenvalue weighted by atomic mass is 16.5. The average molecular weight is 216 g/mol. The lowest BCUT2D eigenvalue weighted by atomic mass is 9.85. The summed E-state index contributed by atoms with van der Waals surface area (Å²) in [5.41, 5.74) is 0.381. The van der Waals surface area contributed by atoms with Gasteiger partial charge in [-0.25, -0.2) is 0 Å². The summed E-state index contributed by atoms with van der Waals surface area (Å²) in [4.78, 5) is 2.36. The molecule has 3 nitrogen and oxygen atoms in total. The molecule has 92 valence electrons. The van der Waals surface area contributed by atoms with Crippen LogP contribution >= 0.6 is 0 Å². The minimum atomic E-state index is 0.381. The molecule has 0 fully saturated rings. The van der Waals surface area contributed by atoms with E-state index >= 15 is 0 Å². The number of likely N-dealkylation sites (N-methyl/N-ethyl adjacent to an activating group) is 1. The average Bonchev–Trinajstić information content (AvgIpc) is 2.15. The molecule has 0 heterocycles. The number of ether oxygens (including phenoxy) is 1. The van der Waals surface area contributed by atoms with E-state index in [2.05, 4.69) is 31.1 Å². The number of nitrogens with one attached hydrogen (secondary N) is 1. The minimum absolute atomic E-state index is 0.381. The number of nitrogens with zero attached hydrogens (tertiary/aromatic N) is 1. The van der Waals surface area contributed by atoms with Crippen molar-refractivity contribution in [2.45, 2.75) is 26.7 Å². The zero-order valence-corrected chi connectivity index (χ0v) is 11.1. The summed E-state index contributed by atoms with van der Waals surface area (Å²) in [5, 5.41) is 3.30. The van der Waals surface area contributed by atoms with Gasteiger partial charge in [0.25, 0.3) is 0 Å². The first-order valence-electron chi connectivity index (χ1n) is 5.90. The fourth-order valence-corrected chi connectivity index (χ4v) is 2.23. The van der Waals surface area contributed by atoms with Crippen LogP contribution in [0.4, 0.5) is 0 Å². The van der Waals surface area contributed by atoms with E-state index in [-0.39, 0.29) is 0 Å². The smallest absolute Gasteiger partial charge is 0.0589 e. The molecule has 1 unspecified atom stereocenters. The standard InChI is InChI=1S/C12H28N2O/c1-6-7-12(2,10-13-3)11-14(4)8-9-15-5/h13H,6-11H2,1-5H3. The van der Waals surface area contributed by atoms with Gasteiger partial charge in [0.15, 0.2) is 0 Å². The summed E-state index contributed by atoms with van der Waals surface area (Å²) in [6.07, 6.45) is 2.52. The highest BCUT2D eigenvalue weighted by Gasteiger charge is 2.23. The van der Waals surface area contributed by atoms with Crippen molar-refractivity contribution < 1.29 is 4.74 Å². The largest absolute Gasteiger partial charge is 0.383 e. The van der Waals surface area contributed by atoms with Crippen LogP contribution < -0.4 is 5.32 Å². The molecule has 0 spiro atoms. The SMILES string of the molecule is CCCC(C)(CNC)CN(C)CCOC. The Hall–Kier alpha value is -0.120. The van der Waals surface area contributed by atoms with Gasteiger partial charge in [0.05, 0.1) is 6.61 Å². The van der Waals surface area contributed by atoms with Gasteiger partial charge in [0.1, 0.15) is 0 Å². The topological polar surface area (TPSA) is 24.5 Å². The second-order valence-corrected chi connectivity index (χ2v) is 4.82. The zero-order chi connectivity index (χ0) is 11.7. The maximum Gasteiger partial charge on any atom is 0.0589 e. The summed E-state index contributed by atoms with van der Waals surface area (Å²) < 4.78 is 5.09. The van der Waals surface area contributed by atoms with Crippen molar-refractivity contribution in [1.29, 1.82) is 0 Å². The molecule has 0 aromatic rings. The number of hydrogen-bond donors (Lipinski definition) is 1. The lowest BCUT2D eigenvalue weighted by Gasteiger charge is -2.33. The second-order valence-electron chi connectivity index (χ2n) is 4.82. The maximum absolute atomic E-state index is 5.09. The van der Waals surface area contributed by atoms with Crippen LogP contribution in [0.15, 0.2) is 0 Å². The molecule has 0 amide bonds. The predicted octanol–water partition coefficient (Wildman–Crippen LogP) is 1.59. The monoisotopic (exact) mass is 216 g/mol. The third-order valence-electron chi connectivity index (χ3n) is 2.79. The van der Waals surface area contributed by atoms with Gasteiger partial charge in [-0.1, -0.05) is 20.3 Å². The molecule has 1 N–H and O–H groups in total. The van der Waals surface area contributed by atoms with E-state index in [4.69, 9.17) is 4.74 Å². The Morgan fingerprint density at radius 3 is 2.53 bits per heavy atom. The Labute approximate surface area is 95.2 Å². The molecule has 0 aliphatic rings. The Kier molecular flexibility index (Phi) is 8.02. The fraction of sp³-hybridized carbons (Fsp3) is 1.00. The lowest BCUT2D eigenvalue weighted by molar-refractivity contribution is 0.125. The molecular formula is C12H28N2O. The van der Waals surface area contributed by atoms with Crippen LogP contribution in [-0.4, -0.2) is 52.3 Å². The van der Waals surface area contributed by atoms with E-state index in [1.807, 2.05) is 7.05 Å². The van der Waals surface area contributed by atoms with Crippen LogP contribution in [0.5, 0.6) is 0 Å². The van der Waals surface area contributed by atoms with Gasteiger partial charge in [-0.2, -0.15) is 0 Å². The van der Waals surface area contributed by atoms with Crippen molar-refractivity contribution in [3.05, 3.63) is 0 Å². The quantitative estimate of drug-likeness (QED) is 0.633. The zero-order valence-electron chi connectivity index (χ0n) is 11.1. The highest BCUT2D eigenvalue weighted by molar-refractivity contribution is 4.79. The van der Waals surface area contributed by atoms with Gasteiger partial charge < -0.3 is 15.0 Å². The van der Waals surface area contributed by atoms with E-state index in [1.54, 1.807) is 7.11 Å². The second kappa shape index (κ2) is 8.08. The molecule has 15 heavy (non-hydrogen) atoms. The summed E-state index contributed by atoms with van der Waals surface area (Å²) in [6.45, 7) is 8.65. The van der Waals surface area contributed by atoms with E-state index in [1.165, 1.54) is 12.8 Å². The predicted molar refractivity (Wildman–Crippen MR) is 66.3 cm³/mol. The van der Waals surface area contributed by atoms with Crippen LogP contribution in [0.2, 0.25) is 0 Å². The highest BCUT2D eigenvalue weighted by Crippen LogP contribution is 2.23. The van der Waals surface area contributed by atoms with Crippen LogP contribution in [0.3, 0.4) is 0 Å². The Bertz CT molecular complexity index is 145. The van der Waals surface area contributed by atoms with Gasteiger partial charge in [0, 0.05) is 26.7 Å². The van der Waals surface area contributed by atoms with Crippen LogP contribution in [0.25, 0.3) is 0 Å². The lowest BCUT2D eigenvalue weighted by Crippen LogP contribution is -2.41. The summed E-state index contributed by atoms with van der Waals surface area (Å²) in [6, 6.07) is 0. The van der Waals surface area contributed by atoms with Gasteiger partial charge in [0.2, 0.25) is 0 Å². The maximum atomic E-state index is 5.09. The van der Waals surface area contributed by atoms with Crippen molar-refractivity contribution in [3.63, 3.8) is 0 Å². The summed E-state index contributed by atoms with van der Waals surface area (Å²) in [7, 11) is 5.96. The van der Waals surface area contributed by atoms with Crippen molar-refractivity contribution in [1.82, 2.24) is 10.2 Å². The molecule has 0 bridgehead atoms. The summed E-state index contributed by atoms with van der Waals surface area (Å²) >= 11 is 0. The number of hydrogen-bond acceptors (Lipinski definition) is 3. The van der Waals surface area contributed by atoms with Crippen LogP contribution in [0, 0.1) is 5.41 Å². The van der Waals surface area contributed by atoms with E-state index < -0.39 is 0 Å².